The van der Waals surface area contributed by atoms with Gasteiger partial charge in [-0.05, 0) is 12.5 Å². The Bertz CT molecular complexity index is 917. The fourth-order valence-electron chi connectivity index (χ4n) is 2.99. The third kappa shape index (κ3) is 3.01. The third-order valence-corrected chi connectivity index (χ3v) is 5.88. The van der Waals surface area contributed by atoms with Crippen LogP contribution in [0.25, 0.3) is 5.65 Å². The smallest absolute Gasteiger partial charge is 0.211 e. The van der Waals surface area contributed by atoms with Crippen molar-refractivity contribution in [1.82, 2.24) is 19.4 Å². The van der Waals surface area contributed by atoms with Gasteiger partial charge in [0.15, 0.2) is 5.65 Å². The molecule has 1 atom stereocenters. The van der Waals surface area contributed by atoms with Gasteiger partial charge in [-0.15, -0.1) is 0 Å². The van der Waals surface area contributed by atoms with Crippen LogP contribution in [-0.4, -0.2) is 44.2 Å². The molecule has 25 heavy (non-hydrogen) atoms. The molecule has 0 saturated carbocycles. The molecular formula is C16H17ClN6OS. The first-order valence-electron chi connectivity index (χ1n) is 7.93. The quantitative estimate of drug-likeness (QED) is 0.721. The van der Waals surface area contributed by atoms with Gasteiger partial charge >= 0.3 is 0 Å². The van der Waals surface area contributed by atoms with E-state index in [9.17, 15) is 5.11 Å². The number of aliphatic hydroxyl groups is 1. The van der Waals surface area contributed by atoms with Crippen LogP contribution in [0, 0.1) is 5.92 Å². The van der Waals surface area contributed by atoms with Crippen LogP contribution in [0.3, 0.4) is 0 Å². The van der Waals surface area contributed by atoms with Crippen molar-refractivity contribution in [1.29, 1.82) is 0 Å². The van der Waals surface area contributed by atoms with Crippen LogP contribution in [0.5, 0.6) is 0 Å². The average molecular weight is 377 g/mol. The van der Waals surface area contributed by atoms with E-state index in [0.717, 1.165) is 40.9 Å². The van der Waals surface area contributed by atoms with Crippen LogP contribution >= 0.6 is 23.4 Å². The van der Waals surface area contributed by atoms with Crippen molar-refractivity contribution in [2.45, 2.75) is 16.2 Å². The van der Waals surface area contributed by atoms with Crippen LogP contribution in [0.4, 0.5) is 11.8 Å². The summed E-state index contributed by atoms with van der Waals surface area (Å²) in [7, 11) is 0. The molecule has 1 fully saturated rings. The third-order valence-electron chi connectivity index (χ3n) is 4.30. The van der Waals surface area contributed by atoms with Gasteiger partial charge in [0, 0.05) is 55.3 Å². The second-order valence-electron chi connectivity index (χ2n) is 5.94. The normalized spacial score (nSPS) is 17.5. The molecule has 1 saturated heterocycles. The number of aromatic nitrogens is 4. The van der Waals surface area contributed by atoms with E-state index < -0.39 is 0 Å². The summed E-state index contributed by atoms with van der Waals surface area (Å²) < 4.78 is 1.97. The van der Waals surface area contributed by atoms with E-state index in [4.69, 9.17) is 17.3 Å². The summed E-state index contributed by atoms with van der Waals surface area (Å²) in [5, 5.41) is 9.80. The predicted molar refractivity (Wildman–Crippen MR) is 98.2 cm³/mol. The summed E-state index contributed by atoms with van der Waals surface area (Å²) in [4.78, 5) is 17.0. The van der Waals surface area contributed by atoms with Crippen molar-refractivity contribution in [2.24, 2.45) is 5.92 Å². The minimum atomic E-state index is 0.208. The van der Waals surface area contributed by atoms with Crippen LogP contribution < -0.4 is 10.6 Å². The van der Waals surface area contributed by atoms with E-state index in [0.29, 0.717) is 16.8 Å². The highest BCUT2D eigenvalue weighted by Gasteiger charge is 2.25. The van der Waals surface area contributed by atoms with Crippen molar-refractivity contribution in [3.8, 4) is 0 Å². The molecule has 7 nitrogen and oxygen atoms in total. The van der Waals surface area contributed by atoms with Crippen molar-refractivity contribution < 1.29 is 5.11 Å². The molecule has 0 unspecified atom stereocenters. The average Bonchev–Trinajstić information content (AvgIpc) is 3.28. The van der Waals surface area contributed by atoms with Crippen molar-refractivity contribution in [2.75, 3.05) is 30.3 Å². The van der Waals surface area contributed by atoms with Gasteiger partial charge in [0.25, 0.3) is 0 Å². The molecule has 130 valence electrons. The number of nitrogens with two attached hydrogens (primary N) is 1. The molecule has 0 aliphatic carbocycles. The van der Waals surface area contributed by atoms with Gasteiger partial charge in [0.2, 0.25) is 5.95 Å². The topological polar surface area (TPSA) is 92.6 Å². The van der Waals surface area contributed by atoms with Crippen molar-refractivity contribution in [3.05, 3.63) is 35.9 Å². The Hall–Kier alpha value is -2.03. The largest absolute Gasteiger partial charge is 0.396 e. The Morgan fingerprint density at radius 1 is 1.28 bits per heavy atom. The van der Waals surface area contributed by atoms with Gasteiger partial charge in [0.05, 0.1) is 9.92 Å². The van der Waals surface area contributed by atoms with Gasteiger partial charge in [-0.1, -0.05) is 23.4 Å². The number of halogens is 1. The SMILES string of the molecule is Nc1nccc(Sc2cnc(N3CC[C@H](CO)C3)n3ccnc23)c1Cl. The van der Waals surface area contributed by atoms with E-state index in [-0.39, 0.29) is 6.61 Å². The van der Waals surface area contributed by atoms with E-state index in [1.54, 1.807) is 12.4 Å². The molecule has 4 heterocycles. The first-order valence-corrected chi connectivity index (χ1v) is 9.12. The lowest BCUT2D eigenvalue weighted by Gasteiger charge is -2.19. The number of rotatable bonds is 4. The molecule has 4 rings (SSSR count). The first kappa shape index (κ1) is 16.4. The van der Waals surface area contributed by atoms with E-state index in [1.165, 1.54) is 11.8 Å². The standard InChI is InChI=1S/C16H17ClN6OS/c17-13-11(1-3-19-14(13)18)25-12-7-21-16(23-6-4-20-15(12)23)22-5-2-10(8-22)9-24/h1,3-4,6-7,10,24H,2,5,8-9H2,(H2,18,19)/t10-/m0/s1. The number of nitrogen functional groups attached to an aromatic ring is 1. The summed E-state index contributed by atoms with van der Waals surface area (Å²) in [6, 6.07) is 1.82. The molecule has 0 aromatic carbocycles. The van der Waals surface area contributed by atoms with Crippen LogP contribution in [-0.2, 0) is 0 Å². The maximum Gasteiger partial charge on any atom is 0.211 e. The molecule has 3 aromatic rings. The van der Waals surface area contributed by atoms with Crippen molar-refractivity contribution >= 4 is 40.8 Å². The fourth-order valence-corrected chi connectivity index (χ4v) is 4.13. The second kappa shape index (κ2) is 6.70. The Kier molecular flexibility index (Phi) is 4.41. The lowest BCUT2D eigenvalue weighted by atomic mass is 10.1. The molecule has 1 aliphatic heterocycles. The molecule has 3 N–H and O–H groups in total. The molecule has 1 aliphatic rings. The zero-order valence-corrected chi connectivity index (χ0v) is 14.9. The second-order valence-corrected chi connectivity index (χ2v) is 7.40. The van der Waals surface area contributed by atoms with E-state index >= 15 is 0 Å². The van der Waals surface area contributed by atoms with Crippen LogP contribution in [0.15, 0.2) is 40.6 Å². The Balaban J connectivity index is 1.69. The lowest BCUT2D eigenvalue weighted by molar-refractivity contribution is 0.238. The van der Waals surface area contributed by atoms with Gasteiger partial charge in [-0.3, -0.25) is 4.40 Å². The zero-order chi connectivity index (χ0) is 17.4. The predicted octanol–water partition coefficient (Wildman–Crippen LogP) is 2.33. The maximum absolute atomic E-state index is 9.36. The molecule has 3 aromatic heterocycles. The summed E-state index contributed by atoms with van der Waals surface area (Å²) in [5.41, 5.74) is 6.59. The van der Waals surface area contributed by atoms with E-state index in [1.807, 2.05) is 22.9 Å². The summed E-state index contributed by atoms with van der Waals surface area (Å²) in [6.07, 6.45) is 8.06. The van der Waals surface area contributed by atoms with Gasteiger partial charge in [0.1, 0.15) is 5.82 Å². The summed E-state index contributed by atoms with van der Waals surface area (Å²) in [5.74, 6) is 1.45. The van der Waals surface area contributed by atoms with E-state index in [2.05, 4.69) is 19.9 Å². The Morgan fingerprint density at radius 2 is 2.16 bits per heavy atom. The fraction of sp³-hybridized carbons (Fsp3) is 0.312. The first-order chi connectivity index (χ1) is 12.2. The number of anilines is 2. The van der Waals surface area contributed by atoms with Gasteiger partial charge in [-0.25, -0.2) is 15.0 Å². The molecule has 0 amide bonds. The molecule has 0 radical (unpaired) electrons. The maximum atomic E-state index is 9.36. The molecule has 0 bridgehead atoms. The lowest BCUT2D eigenvalue weighted by Crippen LogP contribution is -2.24. The number of aliphatic hydroxyl groups excluding tert-OH is 1. The Labute approximate surface area is 153 Å². The molecule has 0 spiro atoms. The number of hydrogen-bond donors (Lipinski definition) is 2. The summed E-state index contributed by atoms with van der Waals surface area (Å²) >= 11 is 7.71. The number of nitrogens with zero attached hydrogens (tertiary/aromatic N) is 5. The van der Waals surface area contributed by atoms with Crippen LogP contribution in [0.1, 0.15) is 6.42 Å². The number of fused-ring (bicyclic) bond motifs is 1. The monoisotopic (exact) mass is 376 g/mol. The van der Waals surface area contributed by atoms with Gasteiger partial charge in [-0.2, -0.15) is 0 Å². The number of pyridine rings is 1. The summed E-state index contributed by atoms with van der Waals surface area (Å²) in [6.45, 7) is 1.89. The number of imidazole rings is 1. The minimum Gasteiger partial charge on any atom is -0.396 e. The molecule has 9 heteroatoms. The van der Waals surface area contributed by atoms with Crippen LogP contribution in [0.2, 0.25) is 5.02 Å². The highest BCUT2D eigenvalue weighted by molar-refractivity contribution is 7.99. The minimum absolute atomic E-state index is 0.208. The highest BCUT2D eigenvalue weighted by atomic mass is 35.5. The number of hydrogen-bond acceptors (Lipinski definition) is 7. The zero-order valence-electron chi connectivity index (χ0n) is 13.3. The van der Waals surface area contributed by atoms with Gasteiger partial charge < -0.3 is 15.7 Å². The molecular weight excluding hydrogens is 360 g/mol. The Morgan fingerprint density at radius 3 is 2.96 bits per heavy atom. The van der Waals surface area contributed by atoms with Crippen molar-refractivity contribution in [3.63, 3.8) is 0 Å². The highest BCUT2D eigenvalue weighted by Crippen LogP contribution is 2.37.